The third-order valence-corrected chi connectivity index (χ3v) is 3.78. The van der Waals surface area contributed by atoms with E-state index in [9.17, 15) is 9.59 Å². The first-order valence-corrected chi connectivity index (χ1v) is 8.11. The van der Waals surface area contributed by atoms with E-state index >= 15 is 0 Å². The highest BCUT2D eigenvalue weighted by Crippen LogP contribution is 2.16. The zero-order valence-corrected chi connectivity index (χ0v) is 14.5. The van der Waals surface area contributed by atoms with Crippen LogP contribution in [0, 0.1) is 6.92 Å². The molecular weight excluding hydrogens is 328 g/mol. The van der Waals surface area contributed by atoms with E-state index < -0.39 is 0 Å². The lowest BCUT2D eigenvalue weighted by molar-refractivity contribution is 0.101. The molecule has 6 heteroatoms. The van der Waals surface area contributed by atoms with Gasteiger partial charge in [0.05, 0.1) is 0 Å². The molecule has 0 aliphatic rings. The van der Waals surface area contributed by atoms with Crippen LogP contribution in [0.25, 0.3) is 0 Å². The zero-order valence-electron chi connectivity index (χ0n) is 14.5. The summed E-state index contributed by atoms with van der Waals surface area (Å²) in [5, 5.41) is 13.9. The number of nitrogens with one attached hydrogen (secondary N) is 2. The number of carbonyl (C=O) groups is 2. The van der Waals surface area contributed by atoms with Crippen LogP contribution in [0.4, 0.5) is 17.3 Å². The summed E-state index contributed by atoms with van der Waals surface area (Å²) in [6, 6.07) is 17.8. The van der Waals surface area contributed by atoms with Gasteiger partial charge in [-0.05, 0) is 62.4 Å². The molecule has 26 heavy (non-hydrogen) atoms. The Morgan fingerprint density at radius 3 is 1.92 bits per heavy atom. The van der Waals surface area contributed by atoms with Gasteiger partial charge in [0.2, 0.25) is 0 Å². The number of aromatic nitrogens is 2. The predicted octanol–water partition coefficient (Wildman–Crippen LogP) is 3.98. The summed E-state index contributed by atoms with van der Waals surface area (Å²) in [6.07, 6.45) is 0. The van der Waals surface area contributed by atoms with Crippen LogP contribution in [-0.4, -0.2) is 21.9 Å². The van der Waals surface area contributed by atoms with Gasteiger partial charge in [0.1, 0.15) is 0 Å². The van der Waals surface area contributed by atoms with E-state index in [1.165, 1.54) is 6.92 Å². The zero-order chi connectivity index (χ0) is 18.5. The Labute approximate surface area is 151 Å². The van der Waals surface area contributed by atoms with Crippen LogP contribution >= 0.6 is 0 Å². The standard InChI is InChI=1S/C20H18N4O2/c1-13-3-5-16(6-4-13)20(26)22-19-12-11-18(23-24-19)21-17-9-7-15(8-10-17)14(2)25/h3-12H,1-2H3,(H,21,23)(H,22,24,26). The summed E-state index contributed by atoms with van der Waals surface area (Å²) in [7, 11) is 0. The maximum Gasteiger partial charge on any atom is 0.256 e. The van der Waals surface area contributed by atoms with Crippen molar-refractivity contribution in [2.75, 3.05) is 10.6 Å². The first-order valence-electron chi connectivity index (χ1n) is 8.11. The average Bonchev–Trinajstić information content (AvgIpc) is 2.64. The van der Waals surface area contributed by atoms with Gasteiger partial charge in [0, 0.05) is 16.8 Å². The van der Waals surface area contributed by atoms with E-state index in [2.05, 4.69) is 20.8 Å². The lowest BCUT2D eigenvalue weighted by atomic mass is 10.1. The van der Waals surface area contributed by atoms with Crippen molar-refractivity contribution in [3.05, 3.63) is 77.4 Å². The minimum atomic E-state index is -0.236. The second-order valence-corrected chi connectivity index (χ2v) is 5.88. The number of aryl methyl sites for hydroxylation is 1. The summed E-state index contributed by atoms with van der Waals surface area (Å²) in [4.78, 5) is 23.4. The first kappa shape index (κ1) is 17.3. The van der Waals surface area contributed by atoms with Crippen LogP contribution in [0.5, 0.6) is 0 Å². The fourth-order valence-electron chi connectivity index (χ4n) is 2.30. The van der Waals surface area contributed by atoms with Crippen LogP contribution in [0.15, 0.2) is 60.7 Å². The van der Waals surface area contributed by atoms with Gasteiger partial charge in [-0.2, -0.15) is 0 Å². The molecule has 0 bridgehead atoms. The predicted molar refractivity (Wildman–Crippen MR) is 101 cm³/mol. The largest absolute Gasteiger partial charge is 0.339 e. The molecule has 0 saturated heterocycles. The molecule has 3 rings (SSSR count). The van der Waals surface area contributed by atoms with Crippen molar-refractivity contribution in [2.24, 2.45) is 0 Å². The molecule has 3 aromatic rings. The van der Waals surface area contributed by atoms with E-state index in [-0.39, 0.29) is 11.7 Å². The molecule has 2 aromatic carbocycles. The minimum Gasteiger partial charge on any atom is -0.339 e. The smallest absolute Gasteiger partial charge is 0.256 e. The van der Waals surface area contributed by atoms with E-state index in [1.807, 2.05) is 19.1 Å². The molecule has 0 atom stereocenters. The highest BCUT2D eigenvalue weighted by atomic mass is 16.1. The number of Topliss-reactive ketones (excluding diaryl/α,β-unsaturated/α-hetero) is 1. The average molecular weight is 346 g/mol. The van der Waals surface area contributed by atoms with Crippen molar-refractivity contribution in [3.8, 4) is 0 Å². The molecule has 0 unspecified atom stereocenters. The maximum absolute atomic E-state index is 12.2. The van der Waals surface area contributed by atoms with Crippen molar-refractivity contribution >= 4 is 29.0 Å². The number of nitrogens with zero attached hydrogens (tertiary/aromatic N) is 2. The Bertz CT molecular complexity index is 918. The normalized spacial score (nSPS) is 10.2. The maximum atomic E-state index is 12.2. The fourth-order valence-corrected chi connectivity index (χ4v) is 2.30. The number of hydrogen-bond donors (Lipinski definition) is 2. The monoisotopic (exact) mass is 346 g/mol. The molecule has 1 heterocycles. The van der Waals surface area contributed by atoms with Gasteiger partial charge >= 0.3 is 0 Å². The number of anilines is 3. The molecular formula is C20H18N4O2. The molecule has 130 valence electrons. The molecule has 0 aliphatic heterocycles. The van der Waals surface area contributed by atoms with Gasteiger partial charge in [-0.25, -0.2) is 0 Å². The van der Waals surface area contributed by atoms with Gasteiger partial charge in [-0.1, -0.05) is 17.7 Å². The van der Waals surface area contributed by atoms with Gasteiger partial charge < -0.3 is 10.6 Å². The summed E-state index contributed by atoms with van der Waals surface area (Å²) in [5.41, 5.74) is 3.09. The molecule has 0 saturated carbocycles. The van der Waals surface area contributed by atoms with Gasteiger partial charge in [-0.15, -0.1) is 10.2 Å². The van der Waals surface area contributed by atoms with Crippen molar-refractivity contribution in [1.29, 1.82) is 0 Å². The highest BCUT2D eigenvalue weighted by molar-refractivity contribution is 6.03. The fraction of sp³-hybridized carbons (Fsp3) is 0.100. The van der Waals surface area contributed by atoms with Crippen LogP contribution < -0.4 is 10.6 Å². The molecule has 2 N–H and O–H groups in total. The first-order chi connectivity index (χ1) is 12.5. The van der Waals surface area contributed by atoms with Crippen LogP contribution in [-0.2, 0) is 0 Å². The van der Waals surface area contributed by atoms with Gasteiger partial charge in [0.25, 0.3) is 5.91 Å². The minimum absolute atomic E-state index is 0.0185. The van der Waals surface area contributed by atoms with Crippen LogP contribution in [0.1, 0.15) is 33.2 Å². The number of carbonyl (C=O) groups excluding carboxylic acids is 2. The van der Waals surface area contributed by atoms with Crippen molar-refractivity contribution in [1.82, 2.24) is 10.2 Å². The third kappa shape index (κ3) is 4.30. The molecule has 0 radical (unpaired) electrons. The Kier molecular flexibility index (Phi) is 5.03. The van der Waals surface area contributed by atoms with Crippen molar-refractivity contribution in [3.63, 3.8) is 0 Å². The summed E-state index contributed by atoms with van der Waals surface area (Å²) >= 11 is 0. The molecule has 0 spiro atoms. The lowest BCUT2D eigenvalue weighted by Crippen LogP contribution is -2.13. The second-order valence-electron chi connectivity index (χ2n) is 5.88. The van der Waals surface area contributed by atoms with Crippen molar-refractivity contribution < 1.29 is 9.59 Å². The number of ketones is 1. The molecule has 6 nitrogen and oxygen atoms in total. The quantitative estimate of drug-likeness (QED) is 0.683. The van der Waals surface area contributed by atoms with E-state index in [1.54, 1.807) is 48.5 Å². The Morgan fingerprint density at radius 1 is 0.769 bits per heavy atom. The van der Waals surface area contributed by atoms with Gasteiger partial charge in [0.15, 0.2) is 17.4 Å². The third-order valence-electron chi connectivity index (χ3n) is 3.78. The molecule has 0 aliphatic carbocycles. The van der Waals surface area contributed by atoms with Gasteiger partial charge in [-0.3, -0.25) is 9.59 Å². The van der Waals surface area contributed by atoms with Crippen LogP contribution in [0.2, 0.25) is 0 Å². The molecule has 1 aromatic heterocycles. The summed E-state index contributed by atoms with van der Waals surface area (Å²) in [6.45, 7) is 3.49. The Balaban J connectivity index is 1.63. The summed E-state index contributed by atoms with van der Waals surface area (Å²) in [5.74, 6) is 0.687. The molecule has 1 amide bonds. The second kappa shape index (κ2) is 7.57. The number of benzene rings is 2. The van der Waals surface area contributed by atoms with E-state index in [0.29, 0.717) is 22.8 Å². The van der Waals surface area contributed by atoms with Crippen LogP contribution in [0.3, 0.4) is 0 Å². The Hall–Kier alpha value is -3.54. The van der Waals surface area contributed by atoms with Crippen molar-refractivity contribution in [2.45, 2.75) is 13.8 Å². The summed E-state index contributed by atoms with van der Waals surface area (Å²) < 4.78 is 0. The van der Waals surface area contributed by atoms with E-state index in [0.717, 1.165) is 11.3 Å². The SMILES string of the molecule is CC(=O)c1ccc(Nc2ccc(NC(=O)c3ccc(C)cc3)nn2)cc1. The van der Waals surface area contributed by atoms with E-state index in [4.69, 9.17) is 0 Å². The number of amides is 1. The highest BCUT2D eigenvalue weighted by Gasteiger charge is 2.07. The topological polar surface area (TPSA) is 84.0 Å². The number of hydrogen-bond acceptors (Lipinski definition) is 5. The molecule has 0 fully saturated rings. The lowest BCUT2D eigenvalue weighted by Gasteiger charge is -2.07. The Morgan fingerprint density at radius 2 is 1.35 bits per heavy atom. The number of rotatable bonds is 5.